The van der Waals surface area contributed by atoms with Gasteiger partial charge in [0.2, 0.25) is 0 Å². The SMILES string of the molecule is c1ccc(C2c3ccccc3-c3cccc(-c4ccc5c(c4)c4c6c(ccc4n5-c4ccccc4)-c4cc(-n5c7ccccc7c7ccccc75)ccc4C6)c32)cc1. The summed E-state index contributed by atoms with van der Waals surface area (Å²) < 4.78 is 4.91. The van der Waals surface area contributed by atoms with Crippen LogP contribution in [0.3, 0.4) is 0 Å². The maximum absolute atomic E-state index is 2.49. The van der Waals surface area contributed by atoms with E-state index in [1.807, 2.05) is 0 Å². The van der Waals surface area contributed by atoms with Crippen molar-refractivity contribution >= 4 is 43.6 Å². The second kappa shape index (κ2) is 12.0. The van der Waals surface area contributed by atoms with Gasteiger partial charge in [-0.15, -0.1) is 0 Å². The molecule has 11 aromatic rings. The number of fused-ring (bicyclic) bond motifs is 13. The molecule has 0 fully saturated rings. The average molecular weight is 737 g/mol. The molecule has 9 aromatic carbocycles. The summed E-state index contributed by atoms with van der Waals surface area (Å²) in [4.78, 5) is 0. The molecule has 0 aliphatic heterocycles. The Bertz CT molecular complexity index is 3420. The summed E-state index contributed by atoms with van der Waals surface area (Å²) in [6.07, 6.45) is 0.902. The highest BCUT2D eigenvalue weighted by Crippen LogP contribution is 2.52. The normalized spacial score (nSPS) is 14.0. The molecule has 0 amide bonds. The third-order valence-corrected chi connectivity index (χ3v) is 13.0. The molecular weight excluding hydrogens is 701 g/mol. The number of para-hydroxylation sites is 3. The Labute approximate surface area is 336 Å². The van der Waals surface area contributed by atoms with Gasteiger partial charge in [0.1, 0.15) is 0 Å². The van der Waals surface area contributed by atoms with Crippen LogP contribution in [0.15, 0.2) is 200 Å². The first-order valence-corrected chi connectivity index (χ1v) is 20.3. The standard InChI is InChI=1S/C56H36N2/c1-3-14-35(15-4-1)54-45-21-8-7-18-41(45)46-23-13-22-40(56(46)54)36-27-30-52-49(33-36)55-48-32-37-26-28-39(58-50-24-11-9-19-43(50)44-20-10-12-25-51(44)58)34-47(37)42(48)29-31-53(55)57(52)38-16-5-2-6-17-38/h1-31,33-34,54H,32H2. The predicted molar refractivity (Wildman–Crippen MR) is 242 cm³/mol. The maximum atomic E-state index is 2.49. The minimum absolute atomic E-state index is 0.174. The van der Waals surface area contributed by atoms with E-state index in [0.717, 1.165) is 6.42 Å². The van der Waals surface area contributed by atoms with E-state index in [9.17, 15) is 0 Å². The number of rotatable bonds is 4. The van der Waals surface area contributed by atoms with E-state index < -0.39 is 0 Å². The molecule has 13 rings (SSSR count). The summed E-state index contributed by atoms with van der Waals surface area (Å²) in [7, 11) is 0. The van der Waals surface area contributed by atoms with Crippen LogP contribution in [-0.4, -0.2) is 9.13 Å². The van der Waals surface area contributed by atoms with E-state index >= 15 is 0 Å². The summed E-state index contributed by atoms with van der Waals surface area (Å²) in [6.45, 7) is 0. The molecular formula is C56H36N2. The summed E-state index contributed by atoms with van der Waals surface area (Å²) in [5.74, 6) is 0.174. The molecule has 0 saturated heterocycles. The minimum Gasteiger partial charge on any atom is -0.309 e. The monoisotopic (exact) mass is 736 g/mol. The second-order valence-corrected chi connectivity index (χ2v) is 16.0. The minimum atomic E-state index is 0.174. The summed E-state index contributed by atoms with van der Waals surface area (Å²) in [6, 6.07) is 74.5. The number of hydrogen-bond acceptors (Lipinski definition) is 0. The zero-order chi connectivity index (χ0) is 37.9. The van der Waals surface area contributed by atoms with Crippen LogP contribution >= 0.6 is 0 Å². The van der Waals surface area contributed by atoms with Gasteiger partial charge in [0.15, 0.2) is 0 Å². The lowest BCUT2D eigenvalue weighted by Crippen LogP contribution is -2.01. The first-order chi connectivity index (χ1) is 28.8. The van der Waals surface area contributed by atoms with Crippen molar-refractivity contribution in [3.05, 3.63) is 228 Å². The number of nitrogens with zero attached hydrogens (tertiary/aromatic N) is 2. The molecule has 2 heteroatoms. The molecule has 0 radical (unpaired) electrons. The molecule has 2 aliphatic rings. The van der Waals surface area contributed by atoms with Gasteiger partial charge in [-0.1, -0.05) is 146 Å². The van der Waals surface area contributed by atoms with Crippen molar-refractivity contribution in [1.29, 1.82) is 0 Å². The van der Waals surface area contributed by atoms with Crippen molar-refractivity contribution in [1.82, 2.24) is 9.13 Å². The van der Waals surface area contributed by atoms with Gasteiger partial charge < -0.3 is 9.13 Å². The topological polar surface area (TPSA) is 9.86 Å². The fourth-order valence-electron chi connectivity index (χ4n) is 10.6. The first kappa shape index (κ1) is 31.7. The number of aromatic nitrogens is 2. The van der Waals surface area contributed by atoms with E-state index in [0.29, 0.717) is 0 Å². The quantitative estimate of drug-likeness (QED) is 0.170. The van der Waals surface area contributed by atoms with Crippen molar-refractivity contribution < 1.29 is 0 Å². The van der Waals surface area contributed by atoms with Crippen LogP contribution in [0.4, 0.5) is 0 Å². The van der Waals surface area contributed by atoms with Gasteiger partial charge in [-0.3, -0.25) is 0 Å². The zero-order valence-electron chi connectivity index (χ0n) is 31.7. The second-order valence-electron chi connectivity index (χ2n) is 16.0. The van der Waals surface area contributed by atoms with Gasteiger partial charge in [-0.2, -0.15) is 0 Å². The van der Waals surface area contributed by atoms with Crippen molar-refractivity contribution in [2.45, 2.75) is 12.3 Å². The Morgan fingerprint density at radius 3 is 1.83 bits per heavy atom. The summed E-state index contributed by atoms with van der Waals surface area (Å²) in [5.41, 5.74) is 22.1. The fourth-order valence-corrected chi connectivity index (χ4v) is 10.6. The maximum Gasteiger partial charge on any atom is 0.0544 e. The Hall–Kier alpha value is -7.42. The van der Waals surface area contributed by atoms with Crippen molar-refractivity contribution in [3.63, 3.8) is 0 Å². The smallest absolute Gasteiger partial charge is 0.0544 e. The molecule has 1 unspecified atom stereocenters. The highest BCUT2D eigenvalue weighted by Gasteiger charge is 2.33. The lowest BCUT2D eigenvalue weighted by molar-refractivity contribution is 1.02. The largest absolute Gasteiger partial charge is 0.309 e. The molecule has 58 heavy (non-hydrogen) atoms. The average Bonchev–Trinajstić information content (AvgIpc) is 4.03. The third-order valence-electron chi connectivity index (χ3n) is 13.0. The number of benzene rings is 9. The third kappa shape index (κ3) is 4.37. The van der Waals surface area contributed by atoms with Crippen LogP contribution < -0.4 is 0 Å². The molecule has 2 aromatic heterocycles. The van der Waals surface area contributed by atoms with E-state index in [-0.39, 0.29) is 5.92 Å². The Morgan fingerprint density at radius 1 is 0.379 bits per heavy atom. The van der Waals surface area contributed by atoms with E-state index in [2.05, 4.69) is 209 Å². The van der Waals surface area contributed by atoms with Crippen molar-refractivity contribution in [2.75, 3.05) is 0 Å². The fraction of sp³-hybridized carbons (Fsp3) is 0.0357. The summed E-state index contributed by atoms with van der Waals surface area (Å²) >= 11 is 0. The van der Waals surface area contributed by atoms with Crippen LogP contribution in [0, 0.1) is 0 Å². The predicted octanol–water partition coefficient (Wildman–Crippen LogP) is 14.3. The highest BCUT2D eigenvalue weighted by atomic mass is 15.0. The van der Waals surface area contributed by atoms with E-state index in [4.69, 9.17) is 0 Å². The lowest BCUT2D eigenvalue weighted by Gasteiger charge is -2.18. The van der Waals surface area contributed by atoms with Crippen molar-refractivity contribution in [2.24, 2.45) is 0 Å². The van der Waals surface area contributed by atoms with Gasteiger partial charge in [0.25, 0.3) is 0 Å². The van der Waals surface area contributed by atoms with Gasteiger partial charge in [0, 0.05) is 38.8 Å². The van der Waals surface area contributed by atoms with Gasteiger partial charge in [-0.05, 0) is 122 Å². The van der Waals surface area contributed by atoms with Gasteiger partial charge >= 0.3 is 0 Å². The molecule has 0 N–H and O–H groups in total. The van der Waals surface area contributed by atoms with Crippen molar-refractivity contribution in [3.8, 4) is 44.8 Å². The van der Waals surface area contributed by atoms with Crippen LogP contribution in [0.5, 0.6) is 0 Å². The van der Waals surface area contributed by atoms with Gasteiger partial charge in [-0.25, -0.2) is 0 Å². The molecule has 2 heterocycles. The van der Waals surface area contributed by atoms with Crippen LogP contribution in [0.1, 0.15) is 33.7 Å². The Morgan fingerprint density at radius 2 is 1.02 bits per heavy atom. The molecule has 1 atom stereocenters. The van der Waals surface area contributed by atoms with Crippen LogP contribution in [0.25, 0.3) is 88.4 Å². The van der Waals surface area contributed by atoms with E-state index in [1.165, 1.54) is 116 Å². The molecule has 2 nitrogen and oxygen atoms in total. The Kier molecular flexibility index (Phi) is 6.59. The van der Waals surface area contributed by atoms with Gasteiger partial charge in [0.05, 0.1) is 22.1 Å². The zero-order valence-corrected chi connectivity index (χ0v) is 31.7. The number of hydrogen-bond donors (Lipinski definition) is 0. The molecule has 0 spiro atoms. The van der Waals surface area contributed by atoms with Crippen LogP contribution in [0.2, 0.25) is 0 Å². The first-order valence-electron chi connectivity index (χ1n) is 20.3. The Balaban J connectivity index is 1.04. The van der Waals surface area contributed by atoms with E-state index in [1.54, 1.807) is 0 Å². The molecule has 0 bridgehead atoms. The molecule has 2 aliphatic carbocycles. The highest BCUT2D eigenvalue weighted by molar-refractivity contribution is 6.15. The lowest BCUT2D eigenvalue weighted by atomic mass is 9.84. The molecule has 0 saturated carbocycles. The van der Waals surface area contributed by atoms with Crippen LogP contribution in [-0.2, 0) is 6.42 Å². The molecule has 270 valence electrons. The summed E-state index contributed by atoms with van der Waals surface area (Å²) in [5, 5.41) is 5.22.